The summed E-state index contributed by atoms with van der Waals surface area (Å²) in [6, 6.07) is 10.7. The number of hydrogen-bond donors (Lipinski definition) is 2. The highest BCUT2D eigenvalue weighted by Gasteiger charge is 2.14. The highest BCUT2D eigenvalue weighted by Crippen LogP contribution is 2.29. The fourth-order valence-electron chi connectivity index (χ4n) is 2.24. The van der Waals surface area contributed by atoms with E-state index in [1.54, 1.807) is 11.3 Å². The maximum Gasteiger partial charge on any atom is 0.106 e. The molecule has 1 unspecified atom stereocenters. The van der Waals surface area contributed by atoms with E-state index in [1.165, 1.54) is 10.4 Å². The SMILES string of the molecule is CCCC(Nc1cc(C)ccc1C(N)=S)c1cccs1. The van der Waals surface area contributed by atoms with Crippen LogP contribution in [0.25, 0.3) is 0 Å². The van der Waals surface area contributed by atoms with E-state index in [4.69, 9.17) is 18.0 Å². The van der Waals surface area contributed by atoms with Crippen LogP contribution < -0.4 is 11.1 Å². The molecule has 1 atom stereocenters. The molecule has 1 aromatic heterocycles. The van der Waals surface area contributed by atoms with Crippen LogP contribution in [-0.4, -0.2) is 4.99 Å². The highest BCUT2D eigenvalue weighted by molar-refractivity contribution is 7.80. The van der Waals surface area contributed by atoms with Crippen molar-refractivity contribution in [2.45, 2.75) is 32.7 Å². The molecule has 2 rings (SSSR count). The zero-order chi connectivity index (χ0) is 14.5. The lowest BCUT2D eigenvalue weighted by molar-refractivity contribution is 0.687. The second-order valence-corrected chi connectivity index (χ2v) is 6.33. The predicted octanol–water partition coefficient (Wildman–Crippen LogP) is 4.64. The fourth-order valence-corrected chi connectivity index (χ4v) is 3.23. The van der Waals surface area contributed by atoms with Crippen molar-refractivity contribution in [3.63, 3.8) is 0 Å². The monoisotopic (exact) mass is 304 g/mol. The number of aryl methyl sites for hydroxylation is 1. The van der Waals surface area contributed by atoms with Crippen molar-refractivity contribution >= 4 is 34.2 Å². The van der Waals surface area contributed by atoms with Crippen LogP contribution in [-0.2, 0) is 0 Å². The zero-order valence-electron chi connectivity index (χ0n) is 11.8. The number of nitrogens with two attached hydrogens (primary N) is 1. The molecule has 3 N–H and O–H groups in total. The molecular weight excluding hydrogens is 284 g/mol. The van der Waals surface area contributed by atoms with E-state index in [0.717, 1.165) is 24.1 Å². The molecule has 0 amide bonds. The average Bonchev–Trinajstić information content (AvgIpc) is 2.91. The van der Waals surface area contributed by atoms with Gasteiger partial charge in [-0.1, -0.05) is 37.7 Å². The van der Waals surface area contributed by atoms with Gasteiger partial charge in [0.15, 0.2) is 0 Å². The number of hydrogen-bond acceptors (Lipinski definition) is 3. The van der Waals surface area contributed by atoms with Crippen LogP contribution in [0.3, 0.4) is 0 Å². The van der Waals surface area contributed by atoms with E-state index < -0.39 is 0 Å². The smallest absolute Gasteiger partial charge is 0.106 e. The normalized spacial score (nSPS) is 12.1. The number of anilines is 1. The molecule has 0 spiro atoms. The Morgan fingerprint density at radius 1 is 1.40 bits per heavy atom. The van der Waals surface area contributed by atoms with Gasteiger partial charge in [0.25, 0.3) is 0 Å². The minimum atomic E-state index is 0.315. The zero-order valence-corrected chi connectivity index (χ0v) is 13.5. The van der Waals surface area contributed by atoms with Gasteiger partial charge in [0.2, 0.25) is 0 Å². The first-order chi connectivity index (χ1) is 9.61. The van der Waals surface area contributed by atoms with Gasteiger partial charge in [-0.25, -0.2) is 0 Å². The topological polar surface area (TPSA) is 38.0 Å². The number of nitrogens with one attached hydrogen (secondary N) is 1. The van der Waals surface area contributed by atoms with Gasteiger partial charge in [-0.05, 0) is 42.5 Å². The lowest BCUT2D eigenvalue weighted by Crippen LogP contribution is -2.16. The molecule has 0 bridgehead atoms. The standard InChI is InChI=1S/C16H20N2S2/c1-3-5-13(15-6-4-9-20-15)18-14-10-11(2)7-8-12(14)16(17)19/h4,6-10,13,18H,3,5H2,1-2H3,(H2,17,19). The summed E-state index contributed by atoms with van der Waals surface area (Å²) in [4.78, 5) is 1.79. The molecule has 0 aliphatic rings. The molecule has 2 aromatic rings. The van der Waals surface area contributed by atoms with E-state index in [1.807, 2.05) is 12.1 Å². The molecule has 0 radical (unpaired) electrons. The van der Waals surface area contributed by atoms with Gasteiger partial charge in [0, 0.05) is 16.1 Å². The van der Waals surface area contributed by atoms with Crippen LogP contribution in [0.5, 0.6) is 0 Å². The molecule has 0 saturated carbocycles. The highest BCUT2D eigenvalue weighted by atomic mass is 32.1. The first-order valence-corrected chi connectivity index (χ1v) is 8.11. The van der Waals surface area contributed by atoms with Crippen molar-refractivity contribution < 1.29 is 0 Å². The number of thiophene rings is 1. The first kappa shape index (κ1) is 15.0. The van der Waals surface area contributed by atoms with Crippen molar-refractivity contribution in [3.8, 4) is 0 Å². The van der Waals surface area contributed by atoms with Crippen LogP contribution in [0.1, 0.15) is 41.8 Å². The maximum absolute atomic E-state index is 5.83. The Morgan fingerprint density at radius 3 is 2.80 bits per heavy atom. The summed E-state index contributed by atoms with van der Waals surface area (Å²) in [5.41, 5.74) is 8.98. The van der Waals surface area contributed by atoms with E-state index in [9.17, 15) is 0 Å². The fraction of sp³-hybridized carbons (Fsp3) is 0.312. The van der Waals surface area contributed by atoms with Crippen LogP contribution in [0.4, 0.5) is 5.69 Å². The summed E-state index contributed by atoms with van der Waals surface area (Å²) in [6.07, 6.45) is 2.22. The molecule has 1 heterocycles. The minimum Gasteiger partial charge on any atom is -0.389 e. The Kier molecular flexibility index (Phi) is 5.15. The van der Waals surface area contributed by atoms with Gasteiger partial charge in [-0.15, -0.1) is 11.3 Å². The van der Waals surface area contributed by atoms with Crippen molar-refractivity contribution in [2.24, 2.45) is 5.73 Å². The van der Waals surface area contributed by atoms with Crippen LogP contribution in [0, 0.1) is 6.92 Å². The number of thiocarbonyl (C=S) groups is 1. The molecule has 0 aliphatic carbocycles. The molecule has 0 saturated heterocycles. The molecule has 1 aromatic carbocycles. The third-order valence-corrected chi connectivity index (χ3v) is 4.44. The minimum absolute atomic E-state index is 0.315. The van der Waals surface area contributed by atoms with Gasteiger partial charge < -0.3 is 11.1 Å². The summed E-state index contributed by atoms with van der Waals surface area (Å²) in [5.74, 6) is 0. The van der Waals surface area contributed by atoms with E-state index in [2.05, 4.69) is 42.7 Å². The van der Waals surface area contributed by atoms with Crippen LogP contribution in [0.15, 0.2) is 35.7 Å². The Balaban J connectivity index is 2.30. The van der Waals surface area contributed by atoms with Gasteiger partial charge >= 0.3 is 0 Å². The van der Waals surface area contributed by atoms with Crippen molar-refractivity contribution in [1.82, 2.24) is 0 Å². The average molecular weight is 304 g/mol. The summed E-state index contributed by atoms with van der Waals surface area (Å²) < 4.78 is 0. The van der Waals surface area contributed by atoms with Crippen molar-refractivity contribution in [3.05, 3.63) is 51.7 Å². The number of benzene rings is 1. The van der Waals surface area contributed by atoms with Gasteiger partial charge in [-0.3, -0.25) is 0 Å². The summed E-state index contributed by atoms with van der Waals surface area (Å²) in [6.45, 7) is 4.28. The van der Waals surface area contributed by atoms with Crippen molar-refractivity contribution in [2.75, 3.05) is 5.32 Å². The van der Waals surface area contributed by atoms with Gasteiger partial charge in [0.1, 0.15) is 4.99 Å². The summed E-state index contributed by atoms with van der Waals surface area (Å²) in [7, 11) is 0. The Bertz CT molecular complexity index is 576. The van der Waals surface area contributed by atoms with Crippen LogP contribution in [0.2, 0.25) is 0 Å². The van der Waals surface area contributed by atoms with E-state index >= 15 is 0 Å². The largest absolute Gasteiger partial charge is 0.389 e. The summed E-state index contributed by atoms with van der Waals surface area (Å²) in [5, 5.41) is 5.73. The molecular formula is C16H20N2S2. The van der Waals surface area contributed by atoms with E-state index in [0.29, 0.717) is 11.0 Å². The number of rotatable bonds is 6. The Labute approximate surface area is 130 Å². The molecule has 0 fully saturated rings. The molecule has 0 aliphatic heterocycles. The quantitative estimate of drug-likeness (QED) is 0.763. The third-order valence-electron chi connectivity index (χ3n) is 3.23. The van der Waals surface area contributed by atoms with Gasteiger partial charge in [-0.2, -0.15) is 0 Å². The second-order valence-electron chi connectivity index (χ2n) is 4.91. The van der Waals surface area contributed by atoms with E-state index in [-0.39, 0.29) is 0 Å². The molecule has 4 heteroatoms. The Morgan fingerprint density at radius 2 is 2.20 bits per heavy atom. The molecule has 106 valence electrons. The third kappa shape index (κ3) is 3.58. The predicted molar refractivity (Wildman–Crippen MR) is 92.7 cm³/mol. The lowest BCUT2D eigenvalue weighted by atomic mass is 10.1. The molecule has 20 heavy (non-hydrogen) atoms. The van der Waals surface area contributed by atoms with Gasteiger partial charge in [0.05, 0.1) is 6.04 Å². The second kappa shape index (κ2) is 6.86. The summed E-state index contributed by atoms with van der Waals surface area (Å²) >= 11 is 6.93. The maximum atomic E-state index is 5.83. The lowest BCUT2D eigenvalue weighted by Gasteiger charge is -2.20. The van der Waals surface area contributed by atoms with Crippen molar-refractivity contribution in [1.29, 1.82) is 0 Å². The molecule has 2 nitrogen and oxygen atoms in total. The Hall–Kier alpha value is -1.39. The van der Waals surface area contributed by atoms with Crippen LogP contribution >= 0.6 is 23.6 Å². The first-order valence-electron chi connectivity index (χ1n) is 6.82.